The van der Waals surface area contributed by atoms with Gasteiger partial charge in [-0.05, 0) is 25.3 Å². The molecule has 1 aromatic rings. The van der Waals surface area contributed by atoms with Crippen LogP contribution in [-0.2, 0) is 4.79 Å². The zero-order valence-electron chi connectivity index (χ0n) is 8.73. The minimum atomic E-state index is -0.745. The predicted molar refractivity (Wildman–Crippen MR) is 57.7 cm³/mol. The van der Waals surface area contributed by atoms with E-state index in [4.69, 9.17) is 5.11 Å². The summed E-state index contributed by atoms with van der Waals surface area (Å²) < 4.78 is 0. The third-order valence-electron chi connectivity index (χ3n) is 2.89. The first-order chi connectivity index (χ1) is 7.16. The van der Waals surface area contributed by atoms with E-state index in [0.717, 1.165) is 6.42 Å². The number of nitrogens with one attached hydrogen (secondary N) is 1. The lowest BCUT2D eigenvalue weighted by Crippen LogP contribution is -2.31. The van der Waals surface area contributed by atoms with Crippen LogP contribution in [-0.4, -0.2) is 17.1 Å². The summed E-state index contributed by atoms with van der Waals surface area (Å²) in [5, 5.41) is 12.0. The normalized spacial score (nSPS) is 25.4. The van der Waals surface area contributed by atoms with Crippen LogP contribution in [0.5, 0.6) is 0 Å². The van der Waals surface area contributed by atoms with Gasteiger partial charge in [-0.15, -0.1) is 0 Å². The van der Waals surface area contributed by atoms with Crippen molar-refractivity contribution in [2.75, 3.05) is 0 Å². The van der Waals surface area contributed by atoms with Gasteiger partial charge in [0, 0.05) is 6.04 Å². The molecule has 1 unspecified atom stereocenters. The van der Waals surface area contributed by atoms with Crippen LogP contribution in [0.1, 0.15) is 30.0 Å². The van der Waals surface area contributed by atoms with Crippen molar-refractivity contribution in [1.29, 1.82) is 0 Å². The van der Waals surface area contributed by atoms with Crippen LogP contribution in [0.2, 0.25) is 0 Å². The van der Waals surface area contributed by atoms with Crippen LogP contribution in [0.3, 0.4) is 0 Å². The number of carbonyl (C=O) groups is 1. The molecule has 1 fully saturated rings. The van der Waals surface area contributed by atoms with E-state index >= 15 is 0 Å². The molecule has 0 spiro atoms. The molecule has 15 heavy (non-hydrogen) atoms. The molecule has 2 N–H and O–H groups in total. The Morgan fingerprint density at radius 1 is 1.47 bits per heavy atom. The van der Waals surface area contributed by atoms with Crippen molar-refractivity contribution in [1.82, 2.24) is 5.32 Å². The summed E-state index contributed by atoms with van der Waals surface area (Å²) in [5.41, 5.74) is 2.41. The smallest absolute Gasteiger partial charge is 0.320 e. The predicted octanol–water partition coefficient (Wildman–Crippen LogP) is 1.87. The van der Waals surface area contributed by atoms with Gasteiger partial charge >= 0.3 is 5.97 Å². The van der Waals surface area contributed by atoms with Crippen molar-refractivity contribution in [3.05, 3.63) is 35.4 Å². The number of rotatable bonds is 2. The quantitative estimate of drug-likeness (QED) is 0.775. The van der Waals surface area contributed by atoms with E-state index in [9.17, 15) is 4.79 Å². The Balaban J connectivity index is 2.11. The highest BCUT2D eigenvalue weighted by atomic mass is 16.4. The number of hydrogen-bond donors (Lipinski definition) is 2. The lowest BCUT2D eigenvalue weighted by Gasteiger charge is -2.12. The standard InChI is InChI=1S/C12H15NO2/c1-8-3-2-4-9(7-8)10-5-6-11(13-10)12(14)15/h2-4,7,10-11,13H,5-6H2,1H3,(H,14,15)/t10?,11-/m0/s1. The van der Waals surface area contributed by atoms with Crippen molar-refractivity contribution >= 4 is 5.97 Å². The Bertz CT molecular complexity index is 376. The molecule has 2 rings (SSSR count). The summed E-state index contributed by atoms with van der Waals surface area (Å²) in [4.78, 5) is 10.8. The molecule has 0 aliphatic carbocycles. The minimum absolute atomic E-state index is 0.200. The molecule has 0 amide bonds. The van der Waals surface area contributed by atoms with Crippen LogP contribution < -0.4 is 5.32 Å². The van der Waals surface area contributed by atoms with Crippen LogP contribution in [0, 0.1) is 6.92 Å². The van der Waals surface area contributed by atoms with Gasteiger partial charge in [0.2, 0.25) is 0 Å². The lowest BCUT2D eigenvalue weighted by atomic mass is 10.0. The van der Waals surface area contributed by atoms with Crippen LogP contribution in [0.4, 0.5) is 0 Å². The molecule has 0 radical (unpaired) electrons. The maximum Gasteiger partial charge on any atom is 0.320 e. The van der Waals surface area contributed by atoms with E-state index < -0.39 is 5.97 Å². The monoisotopic (exact) mass is 205 g/mol. The van der Waals surface area contributed by atoms with Crippen LogP contribution in [0.15, 0.2) is 24.3 Å². The van der Waals surface area contributed by atoms with Gasteiger partial charge in [0.25, 0.3) is 0 Å². The summed E-state index contributed by atoms with van der Waals surface area (Å²) >= 11 is 0. The highest BCUT2D eigenvalue weighted by molar-refractivity contribution is 5.73. The van der Waals surface area contributed by atoms with Gasteiger partial charge in [0.05, 0.1) is 0 Å². The summed E-state index contributed by atoms with van der Waals surface area (Å²) in [6.45, 7) is 2.05. The van der Waals surface area contributed by atoms with Gasteiger partial charge < -0.3 is 5.11 Å². The Kier molecular flexibility index (Phi) is 2.73. The van der Waals surface area contributed by atoms with Crippen LogP contribution in [0.25, 0.3) is 0 Å². The van der Waals surface area contributed by atoms with Gasteiger partial charge in [0.1, 0.15) is 6.04 Å². The first kappa shape index (κ1) is 10.2. The first-order valence-corrected chi connectivity index (χ1v) is 5.22. The highest BCUT2D eigenvalue weighted by Gasteiger charge is 2.29. The second-order valence-electron chi connectivity index (χ2n) is 4.10. The number of benzene rings is 1. The first-order valence-electron chi connectivity index (χ1n) is 5.22. The molecule has 0 bridgehead atoms. The molecular formula is C12H15NO2. The Morgan fingerprint density at radius 2 is 2.27 bits per heavy atom. The average molecular weight is 205 g/mol. The largest absolute Gasteiger partial charge is 0.480 e. The molecule has 2 atom stereocenters. The van der Waals surface area contributed by atoms with Gasteiger partial charge in [-0.1, -0.05) is 29.8 Å². The summed E-state index contributed by atoms with van der Waals surface area (Å²) in [6, 6.07) is 8.05. The average Bonchev–Trinajstić information content (AvgIpc) is 2.66. The number of aliphatic carboxylic acids is 1. The molecule has 80 valence electrons. The summed E-state index contributed by atoms with van der Waals surface area (Å²) in [7, 11) is 0. The fraction of sp³-hybridized carbons (Fsp3) is 0.417. The summed E-state index contributed by atoms with van der Waals surface area (Å²) in [5.74, 6) is -0.745. The third kappa shape index (κ3) is 2.18. The maximum atomic E-state index is 10.8. The second-order valence-corrected chi connectivity index (χ2v) is 4.10. The molecule has 3 nitrogen and oxygen atoms in total. The van der Waals surface area contributed by atoms with Gasteiger partial charge in [-0.25, -0.2) is 0 Å². The maximum absolute atomic E-state index is 10.8. The van der Waals surface area contributed by atoms with E-state index in [1.807, 2.05) is 19.1 Å². The number of hydrogen-bond acceptors (Lipinski definition) is 2. The van der Waals surface area contributed by atoms with Crippen LogP contribution >= 0.6 is 0 Å². The zero-order chi connectivity index (χ0) is 10.8. The van der Waals surface area contributed by atoms with Crippen molar-refractivity contribution in [2.24, 2.45) is 0 Å². The Morgan fingerprint density at radius 3 is 2.87 bits per heavy atom. The van der Waals surface area contributed by atoms with Gasteiger partial charge in [-0.2, -0.15) is 0 Å². The van der Waals surface area contributed by atoms with E-state index in [2.05, 4.69) is 17.4 Å². The fourth-order valence-corrected chi connectivity index (χ4v) is 2.09. The Hall–Kier alpha value is -1.35. The van der Waals surface area contributed by atoms with Crippen molar-refractivity contribution < 1.29 is 9.90 Å². The van der Waals surface area contributed by atoms with E-state index in [-0.39, 0.29) is 12.1 Å². The molecule has 1 aromatic carbocycles. The van der Waals surface area contributed by atoms with E-state index in [1.54, 1.807) is 0 Å². The molecule has 0 saturated carbocycles. The zero-order valence-corrected chi connectivity index (χ0v) is 8.73. The topological polar surface area (TPSA) is 49.3 Å². The fourth-order valence-electron chi connectivity index (χ4n) is 2.09. The molecular weight excluding hydrogens is 190 g/mol. The molecule has 1 heterocycles. The summed E-state index contributed by atoms with van der Waals surface area (Å²) in [6.07, 6.45) is 1.62. The minimum Gasteiger partial charge on any atom is -0.480 e. The van der Waals surface area contributed by atoms with Crippen molar-refractivity contribution in [3.8, 4) is 0 Å². The number of carboxylic acid groups (broad SMARTS) is 1. The van der Waals surface area contributed by atoms with Crippen molar-refractivity contribution in [3.63, 3.8) is 0 Å². The van der Waals surface area contributed by atoms with Crippen molar-refractivity contribution in [2.45, 2.75) is 31.8 Å². The van der Waals surface area contributed by atoms with E-state index in [0.29, 0.717) is 6.42 Å². The lowest BCUT2D eigenvalue weighted by molar-refractivity contribution is -0.139. The number of aryl methyl sites for hydroxylation is 1. The SMILES string of the molecule is Cc1cccc(C2CC[C@@H](C(=O)O)N2)c1. The number of carboxylic acids is 1. The molecule has 1 aliphatic heterocycles. The Labute approximate surface area is 89.1 Å². The van der Waals surface area contributed by atoms with Gasteiger partial charge in [0.15, 0.2) is 0 Å². The van der Waals surface area contributed by atoms with Gasteiger partial charge in [-0.3, -0.25) is 10.1 Å². The molecule has 1 aliphatic rings. The second kappa shape index (κ2) is 4.03. The highest BCUT2D eigenvalue weighted by Crippen LogP contribution is 2.26. The molecule has 0 aromatic heterocycles. The van der Waals surface area contributed by atoms with E-state index in [1.165, 1.54) is 11.1 Å². The molecule has 3 heteroatoms. The molecule has 1 saturated heterocycles. The third-order valence-corrected chi connectivity index (χ3v) is 2.89.